The molecule has 0 atom stereocenters. The summed E-state index contributed by atoms with van der Waals surface area (Å²) in [6, 6.07) is 9.70. The van der Waals surface area contributed by atoms with Crippen LogP contribution in [0.2, 0.25) is 0 Å². The number of nitrogens with one attached hydrogen (secondary N) is 1. The molecule has 0 heterocycles. The van der Waals surface area contributed by atoms with E-state index in [1.165, 1.54) is 0 Å². The van der Waals surface area contributed by atoms with Gasteiger partial charge in [0.2, 0.25) is 0 Å². The lowest BCUT2D eigenvalue weighted by Gasteiger charge is -2.07. The van der Waals surface area contributed by atoms with Crippen LogP contribution in [-0.4, -0.2) is 25.7 Å². The van der Waals surface area contributed by atoms with Crippen LogP contribution in [0.4, 0.5) is 0 Å². The first-order valence-electron chi connectivity index (χ1n) is 5.54. The predicted molar refractivity (Wildman–Crippen MR) is 66.7 cm³/mol. The van der Waals surface area contributed by atoms with E-state index < -0.39 is 0 Å². The summed E-state index contributed by atoms with van der Waals surface area (Å²) in [4.78, 5) is 4.11. The Balaban J connectivity index is 2.12. The van der Waals surface area contributed by atoms with Crippen molar-refractivity contribution in [1.29, 1.82) is 0 Å². The molecule has 0 radical (unpaired) electrons. The van der Waals surface area contributed by atoms with Crippen LogP contribution in [0.3, 0.4) is 0 Å². The summed E-state index contributed by atoms with van der Waals surface area (Å²) in [5, 5.41) is 2.99. The normalized spacial score (nSPS) is 11.2. The Bertz CT molecular complexity index is 311. The minimum absolute atomic E-state index is 0.485. The lowest BCUT2D eigenvalue weighted by atomic mass is 10.3. The standard InChI is InChI=1S/C12H19N3O/c1-2-8-14-12(13)15-9-10-16-11-6-4-3-5-7-11/h3-7H,2,8-10H2,1H3,(H3,13,14,15). The van der Waals surface area contributed by atoms with Crippen molar-refractivity contribution in [2.75, 3.05) is 19.7 Å². The molecule has 1 aromatic rings. The third kappa shape index (κ3) is 5.24. The van der Waals surface area contributed by atoms with Crippen molar-refractivity contribution in [3.8, 4) is 5.75 Å². The van der Waals surface area contributed by atoms with Gasteiger partial charge in [-0.15, -0.1) is 0 Å². The second kappa shape index (κ2) is 7.56. The molecular weight excluding hydrogens is 202 g/mol. The van der Waals surface area contributed by atoms with E-state index in [2.05, 4.69) is 17.2 Å². The summed E-state index contributed by atoms with van der Waals surface area (Å²) < 4.78 is 5.49. The van der Waals surface area contributed by atoms with Gasteiger partial charge in [-0.25, -0.2) is 0 Å². The lowest BCUT2D eigenvalue weighted by Crippen LogP contribution is -2.34. The van der Waals surface area contributed by atoms with E-state index in [1.807, 2.05) is 30.3 Å². The SMILES string of the molecule is CCCN=C(N)NCCOc1ccccc1. The molecule has 1 rings (SSSR count). The molecular formula is C12H19N3O. The van der Waals surface area contributed by atoms with Crippen LogP contribution in [0.25, 0.3) is 0 Å². The molecule has 0 bridgehead atoms. The Morgan fingerprint density at radius 1 is 1.38 bits per heavy atom. The van der Waals surface area contributed by atoms with Gasteiger partial charge in [-0.05, 0) is 18.6 Å². The highest BCUT2D eigenvalue weighted by atomic mass is 16.5. The Kier molecular flexibility index (Phi) is 5.84. The van der Waals surface area contributed by atoms with Crippen molar-refractivity contribution in [3.63, 3.8) is 0 Å². The van der Waals surface area contributed by atoms with E-state index >= 15 is 0 Å². The number of nitrogens with two attached hydrogens (primary N) is 1. The van der Waals surface area contributed by atoms with Crippen LogP contribution in [0.1, 0.15) is 13.3 Å². The molecule has 88 valence electrons. The molecule has 0 aliphatic heterocycles. The van der Waals surface area contributed by atoms with Gasteiger partial charge in [0.25, 0.3) is 0 Å². The molecule has 4 nitrogen and oxygen atoms in total. The fraction of sp³-hybridized carbons (Fsp3) is 0.417. The number of aliphatic imine (C=N–C) groups is 1. The van der Waals surface area contributed by atoms with Gasteiger partial charge < -0.3 is 15.8 Å². The number of ether oxygens (including phenoxy) is 1. The van der Waals surface area contributed by atoms with E-state index in [-0.39, 0.29) is 0 Å². The zero-order valence-corrected chi connectivity index (χ0v) is 9.65. The first-order valence-corrected chi connectivity index (χ1v) is 5.54. The highest BCUT2D eigenvalue weighted by molar-refractivity contribution is 5.77. The van der Waals surface area contributed by atoms with Gasteiger partial charge in [0.1, 0.15) is 12.4 Å². The summed E-state index contributed by atoms with van der Waals surface area (Å²) in [5.74, 6) is 1.35. The molecule has 0 saturated carbocycles. The second-order valence-corrected chi connectivity index (χ2v) is 3.36. The van der Waals surface area contributed by atoms with Gasteiger partial charge in [0.05, 0.1) is 6.54 Å². The fourth-order valence-electron chi connectivity index (χ4n) is 1.15. The molecule has 0 saturated heterocycles. The van der Waals surface area contributed by atoms with Crippen LogP contribution in [-0.2, 0) is 0 Å². The van der Waals surface area contributed by atoms with Crippen LogP contribution < -0.4 is 15.8 Å². The van der Waals surface area contributed by atoms with E-state index in [0.29, 0.717) is 19.1 Å². The zero-order valence-electron chi connectivity index (χ0n) is 9.65. The first-order chi connectivity index (χ1) is 7.83. The van der Waals surface area contributed by atoms with Crippen molar-refractivity contribution in [2.24, 2.45) is 10.7 Å². The Labute approximate surface area is 96.5 Å². The van der Waals surface area contributed by atoms with Crippen molar-refractivity contribution in [2.45, 2.75) is 13.3 Å². The highest BCUT2D eigenvalue weighted by Gasteiger charge is 1.92. The minimum atomic E-state index is 0.485. The smallest absolute Gasteiger partial charge is 0.188 e. The summed E-state index contributed by atoms with van der Waals surface area (Å²) >= 11 is 0. The largest absolute Gasteiger partial charge is 0.492 e. The first kappa shape index (κ1) is 12.4. The molecule has 0 aliphatic rings. The maximum absolute atomic E-state index is 5.62. The molecule has 0 aliphatic carbocycles. The van der Waals surface area contributed by atoms with Crippen LogP contribution in [0, 0.1) is 0 Å². The quantitative estimate of drug-likeness (QED) is 0.433. The molecule has 3 N–H and O–H groups in total. The number of nitrogens with zero attached hydrogens (tertiary/aromatic N) is 1. The summed E-state index contributed by atoms with van der Waals surface area (Å²) in [5.41, 5.74) is 5.62. The molecule has 0 spiro atoms. The van der Waals surface area contributed by atoms with Crippen LogP contribution >= 0.6 is 0 Å². The van der Waals surface area contributed by atoms with Gasteiger partial charge in [-0.1, -0.05) is 25.1 Å². The molecule has 0 fully saturated rings. The van der Waals surface area contributed by atoms with Gasteiger partial charge in [-0.2, -0.15) is 0 Å². The third-order valence-corrected chi connectivity index (χ3v) is 1.93. The fourth-order valence-corrected chi connectivity index (χ4v) is 1.15. The molecule has 4 heteroatoms. The number of para-hydroxylation sites is 1. The van der Waals surface area contributed by atoms with Crippen LogP contribution in [0.5, 0.6) is 5.75 Å². The number of guanidine groups is 1. The summed E-state index contributed by atoms with van der Waals surface area (Å²) in [6.07, 6.45) is 1.00. The van der Waals surface area contributed by atoms with Gasteiger partial charge >= 0.3 is 0 Å². The Morgan fingerprint density at radius 2 is 2.12 bits per heavy atom. The van der Waals surface area contributed by atoms with Crippen LogP contribution in [0.15, 0.2) is 35.3 Å². The molecule has 16 heavy (non-hydrogen) atoms. The van der Waals surface area contributed by atoms with Gasteiger partial charge in [-0.3, -0.25) is 4.99 Å². The minimum Gasteiger partial charge on any atom is -0.492 e. The average molecular weight is 221 g/mol. The van der Waals surface area contributed by atoms with E-state index in [4.69, 9.17) is 10.5 Å². The molecule has 0 aromatic heterocycles. The Morgan fingerprint density at radius 3 is 2.81 bits per heavy atom. The zero-order chi connectivity index (χ0) is 11.6. The van der Waals surface area contributed by atoms with Gasteiger partial charge in [0.15, 0.2) is 5.96 Å². The molecule has 0 unspecified atom stereocenters. The topological polar surface area (TPSA) is 59.6 Å². The van der Waals surface area contributed by atoms with Crippen molar-refractivity contribution < 1.29 is 4.74 Å². The second-order valence-electron chi connectivity index (χ2n) is 3.36. The Hall–Kier alpha value is -1.71. The highest BCUT2D eigenvalue weighted by Crippen LogP contribution is 2.07. The summed E-state index contributed by atoms with van der Waals surface area (Å²) in [7, 11) is 0. The molecule has 0 amide bonds. The number of hydrogen-bond acceptors (Lipinski definition) is 2. The predicted octanol–water partition coefficient (Wildman–Crippen LogP) is 1.38. The third-order valence-electron chi connectivity index (χ3n) is 1.93. The van der Waals surface area contributed by atoms with Crippen molar-refractivity contribution >= 4 is 5.96 Å². The maximum atomic E-state index is 5.62. The molecule has 1 aromatic carbocycles. The number of hydrogen-bond donors (Lipinski definition) is 2. The average Bonchev–Trinajstić information content (AvgIpc) is 2.33. The maximum Gasteiger partial charge on any atom is 0.188 e. The van der Waals surface area contributed by atoms with Gasteiger partial charge in [0, 0.05) is 6.54 Å². The van der Waals surface area contributed by atoms with E-state index in [9.17, 15) is 0 Å². The van der Waals surface area contributed by atoms with E-state index in [0.717, 1.165) is 18.7 Å². The summed E-state index contributed by atoms with van der Waals surface area (Å²) in [6.45, 7) is 4.06. The number of benzene rings is 1. The lowest BCUT2D eigenvalue weighted by molar-refractivity contribution is 0.322. The van der Waals surface area contributed by atoms with E-state index in [1.54, 1.807) is 0 Å². The van der Waals surface area contributed by atoms with Crippen molar-refractivity contribution in [1.82, 2.24) is 5.32 Å². The van der Waals surface area contributed by atoms with Crippen molar-refractivity contribution in [3.05, 3.63) is 30.3 Å². The monoisotopic (exact) mass is 221 g/mol. The number of rotatable bonds is 6.